The van der Waals surface area contributed by atoms with Crippen molar-refractivity contribution in [2.75, 3.05) is 5.73 Å². The molecule has 0 aliphatic heterocycles. The van der Waals surface area contributed by atoms with E-state index >= 15 is 0 Å². The number of imidazole rings is 1. The molecule has 6 heteroatoms. The van der Waals surface area contributed by atoms with Crippen LogP contribution in [0.25, 0.3) is 11.0 Å². The lowest BCUT2D eigenvalue weighted by Gasteiger charge is -1.95. The first-order chi connectivity index (χ1) is 8.20. The fraction of sp³-hybridized carbons (Fsp3) is 0.0909. The number of hydrogen-bond acceptors (Lipinski definition) is 3. The Morgan fingerprint density at radius 1 is 1.41 bits per heavy atom. The quantitative estimate of drug-likeness (QED) is 0.728. The Morgan fingerprint density at radius 3 is 3.06 bits per heavy atom. The maximum absolute atomic E-state index is 5.91. The topological polar surface area (TPSA) is 72.5 Å². The highest BCUT2D eigenvalue weighted by Crippen LogP contribution is 2.17. The Hall–Kier alpha value is -2.01. The van der Waals surface area contributed by atoms with Crippen molar-refractivity contribution in [3.63, 3.8) is 0 Å². The number of benzene rings is 1. The molecule has 0 radical (unpaired) electrons. The van der Waals surface area contributed by atoms with E-state index in [-0.39, 0.29) is 0 Å². The van der Waals surface area contributed by atoms with Crippen molar-refractivity contribution < 1.29 is 0 Å². The molecule has 86 valence electrons. The minimum absolute atomic E-state index is 0.559. The van der Waals surface area contributed by atoms with Crippen LogP contribution in [-0.2, 0) is 6.54 Å². The molecule has 0 fully saturated rings. The van der Waals surface area contributed by atoms with Crippen molar-refractivity contribution >= 4 is 28.3 Å². The van der Waals surface area contributed by atoms with Gasteiger partial charge in [-0.25, -0.2) is 4.98 Å². The third-order valence-electron chi connectivity index (χ3n) is 2.46. The van der Waals surface area contributed by atoms with Crippen molar-refractivity contribution in [3.8, 4) is 0 Å². The van der Waals surface area contributed by atoms with E-state index in [9.17, 15) is 0 Å². The summed E-state index contributed by atoms with van der Waals surface area (Å²) in [7, 11) is 0. The molecule has 0 amide bonds. The molecular weight excluding hydrogens is 238 g/mol. The molecular formula is C11H10ClN5. The summed E-state index contributed by atoms with van der Waals surface area (Å²) in [6.45, 7) is 0.559. The largest absolute Gasteiger partial charge is 0.396 e. The van der Waals surface area contributed by atoms with Crippen LogP contribution in [0.2, 0.25) is 5.02 Å². The number of aromatic amines is 1. The minimum atomic E-state index is 0.559. The van der Waals surface area contributed by atoms with Crippen LogP contribution in [-0.4, -0.2) is 19.7 Å². The summed E-state index contributed by atoms with van der Waals surface area (Å²) in [5.41, 5.74) is 8.06. The van der Waals surface area contributed by atoms with Gasteiger partial charge in [0.05, 0.1) is 29.5 Å². The van der Waals surface area contributed by atoms with Gasteiger partial charge in [-0.15, -0.1) is 0 Å². The number of nitrogen functional groups attached to an aromatic ring is 1. The summed E-state index contributed by atoms with van der Waals surface area (Å²) in [6.07, 6.45) is 3.37. The van der Waals surface area contributed by atoms with Gasteiger partial charge in [-0.3, -0.25) is 4.68 Å². The maximum atomic E-state index is 5.91. The number of aromatic nitrogens is 4. The van der Waals surface area contributed by atoms with Crippen molar-refractivity contribution in [2.24, 2.45) is 0 Å². The van der Waals surface area contributed by atoms with Crippen LogP contribution < -0.4 is 5.73 Å². The number of H-pyrrole nitrogens is 1. The second-order valence-electron chi connectivity index (χ2n) is 3.82. The molecule has 3 N–H and O–H groups in total. The Labute approximate surface area is 102 Å². The van der Waals surface area contributed by atoms with Gasteiger partial charge in [0.2, 0.25) is 0 Å². The Balaban J connectivity index is 1.95. The van der Waals surface area contributed by atoms with Gasteiger partial charge >= 0.3 is 0 Å². The fourth-order valence-electron chi connectivity index (χ4n) is 1.73. The molecule has 2 heterocycles. The first kappa shape index (κ1) is 10.2. The second-order valence-corrected chi connectivity index (χ2v) is 4.25. The predicted molar refractivity (Wildman–Crippen MR) is 66.8 cm³/mol. The zero-order chi connectivity index (χ0) is 11.8. The van der Waals surface area contributed by atoms with Gasteiger partial charge in [0.25, 0.3) is 0 Å². The Bertz CT molecular complexity index is 669. The normalized spacial score (nSPS) is 11.1. The first-order valence-corrected chi connectivity index (χ1v) is 5.50. The molecule has 0 atom stereocenters. The number of rotatable bonds is 2. The summed E-state index contributed by atoms with van der Waals surface area (Å²) in [5, 5.41) is 4.80. The summed E-state index contributed by atoms with van der Waals surface area (Å²) >= 11 is 5.91. The van der Waals surface area contributed by atoms with Gasteiger partial charge in [0.1, 0.15) is 5.82 Å². The highest BCUT2D eigenvalue weighted by molar-refractivity contribution is 6.31. The first-order valence-electron chi connectivity index (χ1n) is 5.13. The molecule has 0 unspecified atom stereocenters. The Morgan fingerprint density at radius 2 is 2.29 bits per heavy atom. The predicted octanol–water partition coefficient (Wildman–Crippen LogP) is 2.04. The van der Waals surface area contributed by atoms with E-state index in [1.807, 2.05) is 18.2 Å². The van der Waals surface area contributed by atoms with E-state index in [0.29, 0.717) is 17.3 Å². The van der Waals surface area contributed by atoms with Crippen LogP contribution in [0.4, 0.5) is 5.69 Å². The SMILES string of the molecule is Nc1cnn(Cc2nc3ccc(Cl)cc3[nH]2)c1. The summed E-state index contributed by atoms with van der Waals surface area (Å²) in [6, 6.07) is 5.56. The lowest BCUT2D eigenvalue weighted by molar-refractivity contribution is 0.663. The second kappa shape index (κ2) is 3.78. The van der Waals surface area contributed by atoms with Crippen molar-refractivity contribution in [1.29, 1.82) is 0 Å². The third kappa shape index (κ3) is 1.97. The molecule has 3 aromatic rings. The molecule has 0 aliphatic rings. The van der Waals surface area contributed by atoms with Gasteiger partial charge in [0, 0.05) is 11.2 Å². The van der Waals surface area contributed by atoms with E-state index in [4.69, 9.17) is 17.3 Å². The monoisotopic (exact) mass is 247 g/mol. The molecule has 0 spiro atoms. The number of anilines is 1. The molecule has 5 nitrogen and oxygen atoms in total. The van der Waals surface area contributed by atoms with Gasteiger partial charge in [-0.05, 0) is 18.2 Å². The Kier molecular flexibility index (Phi) is 2.26. The lowest BCUT2D eigenvalue weighted by atomic mass is 10.3. The number of nitrogens with two attached hydrogens (primary N) is 1. The number of fused-ring (bicyclic) bond motifs is 1. The minimum Gasteiger partial charge on any atom is -0.396 e. The van der Waals surface area contributed by atoms with Crippen LogP contribution >= 0.6 is 11.6 Å². The molecule has 3 rings (SSSR count). The smallest absolute Gasteiger partial charge is 0.129 e. The average Bonchev–Trinajstić information content (AvgIpc) is 2.84. The number of hydrogen-bond donors (Lipinski definition) is 2. The highest BCUT2D eigenvalue weighted by atomic mass is 35.5. The molecule has 0 saturated heterocycles. The zero-order valence-corrected chi connectivity index (χ0v) is 9.65. The molecule has 17 heavy (non-hydrogen) atoms. The van der Waals surface area contributed by atoms with Gasteiger partial charge < -0.3 is 10.7 Å². The number of halogens is 1. The summed E-state index contributed by atoms with van der Waals surface area (Å²) in [4.78, 5) is 7.64. The lowest BCUT2D eigenvalue weighted by Crippen LogP contribution is -2.01. The van der Waals surface area contributed by atoms with E-state index in [1.54, 1.807) is 17.1 Å². The van der Waals surface area contributed by atoms with Crippen LogP contribution in [0.3, 0.4) is 0 Å². The maximum Gasteiger partial charge on any atom is 0.129 e. The number of nitrogens with one attached hydrogen (secondary N) is 1. The summed E-state index contributed by atoms with van der Waals surface area (Å²) in [5.74, 6) is 0.824. The zero-order valence-electron chi connectivity index (χ0n) is 8.89. The van der Waals surface area contributed by atoms with Crippen LogP contribution in [0.5, 0.6) is 0 Å². The van der Waals surface area contributed by atoms with Gasteiger partial charge in [-0.1, -0.05) is 11.6 Å². The molecule has 0 saturated carbocycles. The van der Waals surface area contributed by atoms with Crippen LogP contribution in [0, 0.1) is 0 Å². The fourth-order valence-corrected chi connectivity index (χ4v) is 1.90. The van der Waals surface area contributed by atoms with E-state index in [0.717, 1.165) is 16.9 Å². The molecule has 1 aromatic carbocycles. The van der Waals surface area contributed by atoms with Gasteiger partial charge in [0.15, 0.2) is 0 Å². The van der Waals surface area contributed by atoms with Gasteiger partial charge in [-0.2, -0.15) is 5.10 Å². The average molecular weight is 248 g/mol. The van der Waals surface area contributed by atoms with Crippen molar-refractivity contribution in [1.82, 2.24) is 19.7 Å². The van der Waals surface area contributed by atoms with Crippen LogP contribution in [0.15, 0.2) is 30.6 Å². The van der Waals surface area contributed by atoms with Crippen molar-refractivity contribution in [2.45, 2.75) is 6.54 Å². The van der Waals surface area contributed by atoms with E-state index in [2.05, 4.69) is 15.1 Å². The summed E-state index contributed by atoms with van der Waals surface area (Å²) < 4.78 is 1.73. The molecule has 0 aliphatic carbocycles. The van der Waals surface area contributed by atoms with E-state index in [1.165, 1.54) is 0 Å². The van der Waals surface area contributed by atoms with Crippen molar-refractivity contribution in [3.05, 3.63) is 41.4 Å². The number of nitrogens with zero attached hydrogens (tertiary/aromatic N) is 3. The van der Waals surface area contributed by atoms with Crippen LogP contribution in [0.1, 0.15) is 5.82 Å². The molecule has 0 bridgehead atoms. The third-order valence-corrected chi connectivity index (χ3v) is 2.69. The standard InChI is InChI=1S/C11H10ClN5/c12-7-1-2-9-10(3-7)16-11(15-9)6-17-5-8(13)4-14-17/h1-5H,6,13H2,(H,15,16). The highest BCUT2D eigenvalue weighted by Gasteiger charge is 2.04. The van der Waals surface area contributed by atoms with E-state index < -0.39 is 0 Å². The molecule has 2 aromatic heterocycles.